The van der Waals surface area contributed by atoms with E-state index in [9.17, 15) is 14.1 Å². The molecule has 0 radical (unpaired) electrons. The van der Waals surface area contributed by atoms with Gasteiger partial charge in [0.1, 0.15) is 23.1 Å². The molecule has 0 spiro atoms. The molecule has 25 heavy (non-hydrogen) atoms. The molecule has 1 unspecified atom stereocenters. The van der Waals surface area contributed by atoms with Gasteiger partial charge < -0.3 is 14.4 Å². The standard InChI is InChI=1S/C14H15FN3O5PS/c15-10-11(23-24(20)21)8(5-19)22-14(10)18-4-7-2-1-3-25-13-9(7)12(18)16-6-17-13/h4,6,8,10-11,14,19H,1-3,5H2/p+1/t8-,10-,11-,14-/m1/s1. The van der Waals surface area contributed by atoms with E-state index in [1.807, 2.05) is 0 Å². The fraction of sp³-hybridized carbons (Fsp3) is 0.571. The van der Waals surface area contributed by atoms with Crippen molar-refractivity contribution < 1.29 is 28.2 Å². The first-order valence-corrected chi connectivity index (χ1v) is 9.92. The fourth-order valence-corrected chi connectivity index (χ4v) is 4.78. The Morgan fingerprint density at radius 2 is 2.36 bits per heavy atom. The summed E-state index contributed by atoms with van der Waals surface area (Å²) in [6.07, 6.45) is -0.153. The molecule has 2 aromatic rings. The van der Waals surface area contributed by atoms with Crippen molar-refractivity contribution in [2.75, 3.05) is 12.4 Å². The molecule has 11 heteroatoms. The lowest BCUT2D eigenvalue weighted by molar-refractivity contribution is -0.0434. The predicted octanol–water partition coefficient (Wildman–Crippen LogP) is 1.73. The third kappa shape index (κ3) is 2.97. The average molecular weight is 388 g/mol. The summed E-state index contributed by atoms with van der Waals surface area (Å²) in [6, 6.07) is 0. The van der Waals surface area contributed by atoms with Gasteiger partial charge in [-0.2, -0.15) is 0 Å². The molecule has 1 saturated heterocycles. The number of hydrogen-bond acceptors (Lipinski definition) is 7. The van der Waals surface area contributed by atoms with E-state index in [0.29, 0.717) is 5.65 Å². The second kappa shape index (κ2) is 6.86. The second-order valence-corrected chi connectivity index (χ2v) is 7.66. The van der Waals surface area contributed by atoms with Crippen LogP contribution in [0, 0.1) is 0 Å². The van der Waals surface area contributed by atoms with Crippen LogP contribution in [0.1, 0.15) is 18.2 Å². The number of aliphatic hydroxyl groups excluding tert-OH is 1. The molecule has 2 aliphatic heterocycles. The van der Waals surface area contributed by atoms with Crippen LogP contribution in [0.4, 0.5) is 4.39 Å². The molecule has 2 N–H and O–H groups in total. The van der Waals surface area contributed by atoms with Crippen molar-refractivity contribution in [3.8, 4) is 0 Å². The van der Waals surface area contributed by atoms with Crippen LogP contribution in [0.5, 0.6) is 0 Å². The van der Waals surface area contributed by atoms with E-state index in [2.05, 4.69) is 9.97 Å². The number of ether oxygens (including phenoxy) is 1. The summed E-state index contributed by atoms with van der Waals surface area (Å²) in [6.45, 7) is -0.521. The number of alkyl halides is 1. The highest BCUT2D eigenvalue weighted by Crippen LogP contribution is 2.41. The molecule has 0 aliphatic carbocycles. The van der Waals surface area contributed by atoms with E-state index >= 15 is 0 Å². The molecule has 2 aliphatic rings. The van der Waals surface area contributed by atoms with Gasteiger partial charge in [0.05, 0.1) is 12.0 Å². The van der Waals surface area contributed by atoms with Crippen LogP contribution < -0.4 is 0 Å². The van der Waals surface area contributed by atoms with E-state index in [0.717, 1.165) is 34.6 Å². The summed E-state index contributed by atoms with van der Waals surface area (Å²) >= 11 is 1.64. The molecule has 4 heterocycles. The molecule has 134 valence electrons. The molecule has 2 aromatic heterocycles. The van der Waals surface area contributed by atoms with Crippen molar-refractivity contribution in [1.82, 2.24) is 14.5 Å². The third-order valence-corrected chi connectivity index (χ3v) is 5.91. The Morgan fingerprint density at radius 3 is 3.12 bits per heavy atom. The number of thioether (sulfide) groups is 1. The Bertz CT molecular complexity index is 821. The number of aliphatic hydroxyl groups is 1. The SMILES string of the molecule is O=[P+](O)O[C@H]1[C@@H](F)[C@H](n2cc3c4c(ncnc42)SCCC3)O[C@@H]1CO. The Labute approximate surface area is 147 Å². The highest BCUT2D eigenvalue weighted by Gasteiger charge is 2.51. The minimum atomic E-state index is -3.01. The van der Waals surface area contributed by atoms with E-state index in [1.165, 1.54) is 6.33 Å². The van der Waals surface area contributed by atoms with Crippen LogP contribution in [-0.4, -0.2) is 55.3 Å². The van der Waals surface area contributed by atoms with Crippen molar-refractivity contribution in [2.24, 2.45) is 0 Å². The van der Waals surface area contributed by atoms with Gasteiger partial charge in [-0.15, -0.1) is 21.2 Å². The fourth-order valence-electron chi connectivity index (χ4n) is 3.35. The van der Waals surface area contributed by atoms with Crippen LogP contribution in [0.3, 0.4) is 0 Å². The van der Waals surface area contributed by atoms with E-state index in [4.69, 9.17) is 14.2 Å². The normalized spacial score (nSPS) is 29.8. The first-order valence-electron chi connectivity index (χ1n) is 7.80. The van der Waals surface area contributed by atoms with Crippen molar-refractivity contribution in [3.05, 3.63) is 18.1 Å². The maximum Gasteiger partial charge on any atom is 0.695 e. The Morgan fingerprint density at radius 1 is 1.52 bits per heavy atom. The molecule has 4 rings (SSSR count). The van der Waals surface area contributed by atoms with Gasteiger partial charge in [-0.05, 0) is 24.2 Å². The minimum absolute atomic E-state index is 0.521. The van der Waals surface area contributed by atoms with Gasteiger partial charge >= 0.3 is 8.25 Å². The molecule has 5 atom stereocenters. The van der Waals surface area contributed by atoms with Gasteiger partial charge in [0.25, 0.3) is 0 Å². The minimum Gasteiger partial charge on any atom is -0.394 e. The number of rotatable bonds is 4. The molecule has 8 nitrogen and oxygen atoms in total. The lowest BCUT2D eigenvalue weighted by atomic mass is 10.1. The summed E-state index contributed by atoms with van der Waals surface area (Å²) < 4.78 is 37.7. The summed E-state index contributed by atoms with van der Waals surface area (Å²) in [4.78, 5) is 17.5. The van der Waals surface area contributed by atoms with Crippen LogP contribution in [-0.2, 0) is 20.2 Å². The van der Waals surface area contributed by atoms with Crippen molar-refractivity contribution in [2.45, 2.75) is 42.5 Å². The summed E-state index contributed by atoms with van der Waals surface area (Å²) in [5.74, 6) is 0.957. The van der Waals surface area contributed by atoms with Gasteiger partial charge in [0, 0.05) is 10.8 Å². The van der Waals surface area contributed by atoms with Crippen molar-refractivity contribution in [1.29, 1.82) is 0 Å². The molecular weight excluding hydrogens is 372 g/mol. The highest BCUT2D eigenvalue weighted by molar-refractivity contribution is 7.99. The maximum absolute atomic E-state index is 14.9. The largest absolute Gasteiger partial charge is 0.695 e. The molecule has 0 bridgehead atoms. The summed E-state index contributed by atoms with van der Waals surface area (Å²) in [5.41, 5.74) is 1.57. The molecular formula is C14H16FN3O5PS+. The van der Waals surface area contributed by atoms with Crippen LogP contribution in [0.15, 0.2) is 17.6 Å². The zero-order valence-electron chi connectivity index (χ0n) is 13.0. The van der Waals surface area contributed by atoms with Gasteiger partial charge in [-0.25, -0.2) is 14.4 Å². The van der Waals surface area contributed by atoms with Crippen molar-refractivity contribution >= 4 is 31.1 Å². The van der Waals surface area contributed by atoms with Crippen LogP contribution in [0.25, 0.3) is 11.0 Å². The van der Waals surface area contributed by atoms with Gasteiger partial charge in [0.15, 0.2) is 18.5 Å². The maximum atomic E-state index is 14.9. The highest BCUT2D eigenvalue weighted by atomic mass is 32.2. The smallest absolute Gasteiger partial charge is 0.394 e. The number of hydrogen-bond donors (Lipinski definition) is 2. The van der Waals surface area contributed by atoms with Crippen LogP contribution in [0.2, 0.25) is 0 Å². The molecule has 0 aromatic carbocycles. The number of aryl methyl sites for hydroxylation is 1. The number of nitrogens with zero attached hydrogens (tertiary/aromatic N) is 3. The Balaban J connectivity index is 1.76. The monoisotopic (exact) mass is 388 g/mol. The van der Waals surface area contributed by atoms with Gasteiger partial charge in [0.2, 0.25) is 0 Å². The quantitative estimate of drug-likeness (QED) is 0.603. The van der Waals surface area contributed by atoms with E-state index in [-0.39, 0.29) is 0 Å². The third-order valence-electron chi connectivity index (χ3n) is 4.42. The zero-order chi connectivity index (χ0) is 17.6. The molecule has 1 fully saturated rings. The van der Waals surface area contributed by atoms with E-state index in [1.54, 1.807) is 22.5 Å². The summed E-state index contributed by atoms with van der Waals surface area (Å²) in [5, 5.41) is 11.1. The molecule has 0 amide bonds. The Kier molecular flexibility index (Phi) is 4.74. The summed E-state index contributed by atoms with van der Waals surface area (Å²) in [7, 11) is -3.01. The first-order chi connectivity index (χ1) is 12.1. The lowest BCUT2D eigenvalue weighted by Gasteiger charge is -2.16. The zero-order valence-corrected chi connectivity index (χ0v) is 14.7. The average Bonchev–Trinajstić information content (AvgIpc) is 3.01. The van der Waals surface area contributed by atoms with Gasteiger partial charge in [-0.3, -0.25) is 0 Å². The van der Waals surface area contributed by atoms with Crippen molar-refractivity contribution in [3.63, 3.8) is 0 Å². The molecule has 0 saturated carbocycles. The predicted molar refractivity (Wildman–Crippen MR) is 87.2 cm³/mol. The number of aromatic nitrogens is 3. The second-order valence-electron chi connectivity index (χ2n) is 5.89. The number of halogens is 1. The lowest BCUT2D eigenvalue weighted by Crippen LogP contribution is -2.32. The van der Waals surface area contributed by atoms with Gasteiger partial charge in [-0.1, -0.05) is 0 Å². The van der Waals surface area contributed by atoms with Crippen LogP contribution >= 0.6 is 20.0 Å². The Hall–Kier alpha value is -1.16. The first kappa shape index (κ1) is 17.3. The van der Waals surface area contributed by atoms with E-state index < -0.39 is 39.5 Å². The topological polar surface area (TPSA) is 107 Å².